The molecule has 0 saturated carbocycles. The maximum absolute atomic E-state index is 14.7. The van der Waals surface area contributed by atoms with Crippen molar-refractivity contribution >= 4 is 39.0 Å². The molecule has 0 spiro atoms. The summed E-state index contributed by atoms with van der Waals surface area (Å²) in [7, 11) is 0. The van der Waals surface area contributed by atoms with Gasteiger partial charge >= 0.3 is 0 Å². The molecule has 7 heteroatoms. The van der Waals surface area contributed by atoms with Crippen LogP contribution in [-0.2, 0) is 6.50 Å². The van der Waals surface area contributed by atoms with Gasteiger partial charge in [0.25, 0.3) is 0 Å². The van der Waals surface area contributed by atoms with Gasteiger partial charge in [-0.25, -0.2) is 14.4 Å². The van der Waals surface area contributed by atoms with Crippen molar-refractivity contribution in [3.63, 3.8) is 0 Å². The molecular formula is C19H20ClFN4S. The number of piperidine rings is 1. The fourth-order valence-electron chi connectivity index (χ4n) is 1.95. The number of hydrogen-bond donors (Lipinski definition) is 1. The summed E-state index contributed by atoms with van der Waals surface area (Å²) >= 11 is 6.63. The predicted molar refractivity (Wildman–Crippen MR) is 105 cm³/mol. The SMILES string of the molecule is [2H]c1nc(N([2H])C2([2H])C([2H])([2H])C([2H])([2H])N(C([2H])([2H])c3c([2H])cc(C)c(F)c3[2H])C([2H])([2H])C2([2H])[2H])c2c([2H])c(Cl)sc2n1. The second-order valence-corrected chi connectivity index (χ2v) is 6.60. The molecule has 0 bridgehead atoms. The van der Waals surface area contributed by atoms with E-state index in [9.17, 15) is 4.39 Å². The van der Waals surface area contributed by atoms with Gasteiger partial charge in [0.05, 0.1) is 15.2 Å². The molecule has 1 aromatic carbocycles. The Bertz CT molecular complexity index is 1590. The predicted octanol–water partition coefficient (Wildman–Crippen LogP) is 4.87. The first-order chi connectivity index (χ1) is 18.8. The summed E-state index contributed by atoms with van der Waals surface area (Å²) in [6, 6.07) is -5.90. The normalized spacial score (nSPS) is 34.7. The van der Waals surface area contributed by atoms with Crippen molar-refractivity contribution in [3.05, 3.63) is 51.8 Å². The van der Waals surface area contributed by atoms with Crippen molar-refractivity contribution in [2.24, 2.45) is 0 Å². The third kappa shape index (κ3) is 3.82. The van der Waals surface area contributed by atoms with Crippen LogP contribution in [0, 0.1) is 12.7 Å². The summed E-state index contributed by atoms with van der Waals surface area (Å²) in [5, 5.41) is -0.753. The van der Waals surface area contributed by atoms with Gasteiger partial charge in [0.2, 0.25) is 0 Å². The van der Waals surface area contributed by atoms with E-state index in [1.807, 2.05) is 0 Å². The molecule has 1 fully saturated rings. The lowest BCUT2D eigenvalue weighted by molar-refractivity contribution is 0.211. The molecule has 4 nitrogen and oxygen atoms in total. The van der Waals surface area contributed by atoms with Crippen LogP contribution >= 0.6 is 22.9 Å². The van der Waals surface area contributed by atoms with Crippen LogP contribution in [0.15, 0.2) is 30.5 Å². The monoisotopic (exact) mass is 406 g/mol. The Kier molecular flexibility index (Phi) is 2.01. The van der Waals surface area contributed by atoms with Gasteiger partial charge in [-0.05, 0) is 42.9 Å². The molecule has 2 aromatic heterocycles. The Hall–Kier alpha value is -1.76. The Labute approximate surface area is 183 Å². The van der Waals surface area contributed by atoms with Crippen LogP contribution in [0.2, 0.25) is 5.75 Å². The average molecular weight is 407 g/mol. The molecule has 0 amide bonds. The second kappa shape index (κ2) is 7.47. The fourth-order valence-corrected chi connectivity index (χ4v) is 2.92. The molecule has 0 aliphatic carbocycles. The zero-order valence-corrected chi connectivity index (χ0v) is 14.6. The van der Waals surface area contributed by atoms with Gasteiger partial charge in [0, 0.05) is 39.2 Å². The summed E-state index contributed by atoms with van der Waals surface area (Å²) in [5.41, 5.74) is -1.49. The number of rotatable bonds is 4. The standard InChI is InChI=1S/C19H20ClFN4S/c1-12-2-3-13(8-16(12)21)10-25-6-4-14(5-7-25)24-18-15-9-17(20)26-19(15)23-11-22-18/h2-3,8-9,11,14H,4-7,10H2,1H3,(H,22,23,24)/i3D,4D2,5D2,6D2,7D2,8D,9D,10D2,11D,14D/hD. The molecule has 4 rings (SSSR count). The van der Waals surface area contributed by atoms with Crippen LogP contribution in [0.4, 0.5) is 10.2 Å². The highest BCUT2D eigenvalue weighted by Gasteiger charge is 2.20. The smallest absolute Gasteiger partial charge is 0.162 e. The number of thiophene rings is 1. The molecule has 0 radical (unpaired) electrons. The largest absolute Gasteiger partial charge is 0.367 e. The minimum Gasteiger partial charge on any atom is -0.367 e. The number of hydrogen-bond acceptors (Lipinski definition) is 5. The van der Waals surface area contributed by atoms with Gasteiger partial charge in [-0.2, -0.15) is 0 Å². The summed E-state index contributed by atoms with van der Waals surface area (Å²) < 4.78 is 151. The average Bonchev–Trinajstić information content (AvgIpc) is 3.11. The topological polar surface area (TPSA) is 41.1 Å². The summed E-state index contributed by atoms with van der Waals surface area (Å²) in [5.74, 6) is -2.27. The van der Waals surface area contributed by atoms with Crippen LogP contribution in [0.25, 0.3) is 10.2 Å². The van der Waals surface area contributed by atoms with Gasteiger partial charge in [0.15, 0.2) is 1.41 Å². The van der Waals surface area contributed by atoms with E-state index in [1.165, 1.54) is 0 Å². The van der Waals surface area contributed by atoms with Crippen LogP contribution in [0.3, 0.4) is 0 Å². The zero-order chi connectivity index (χ0) is 32.3. The summed E-state index contributed by atoms with van der Waals surface area (Å²) in [6.07, 6.45) is -9.00. The van der Waals surface area contributed by atoms with Crippen molar-refractivity contribution in [1.29, 1.82) is 0 Å². The number of likely N-dealkylation sites (tertiary alicyclic amines) is 1. The Morgan fingerprint density at radius 1 is 1.54 bits per heavy atom. The molecule has 0 atom stereocenters. The Morgan fingerprint density at radius 2 is 2.35 bits per heavy atom. The minimum atomic E-state index is -4.08. The molecular weight excluding hydrogens is 371 g/mol. The van der Waals surface area contributed by atoms with Crippen molar-refractivity contribution in [2.75, 3.05) is 18.3 Å². The van der Waals surface area contributed by atoms with E-state index >= 15 is 0 Å². The van der Waals surface area contributed by atoms with Gasteiger partial charge in [0.1, 0.15) is 24.1 Å². The molecule has 1 aliphatic rings. The Balaban J connectivity index is 2.04. The quantitative estimate of drug-likeness (QED) is 0.671. The highest BCUT2D eigenvalue weighted by molar-refractivity contribution is 7.22. The highest BCUT2D eigenvalue weighted by atomic mass is 35.5. The molecule has 1 aliphatic heterocycles. The molecule has 3 heterocycles. The van der Waals surface area contributed by atoms with E-state index in [0.717, 1.165) is 13.0 Å². The van der Waals surface area contributed by atoms with Crippen LogP contribution in [-0.4, -0.2) is 33.9 Å². The first-order valence-corrected chi connectivity index (χ1v) is 8.32. The second-order valence-electron chi connectivity index (χ2n) is 5.00. The van der Waals surface area contributed by atoms with Crippen LogP contribution < -0.4 is 5.31 Å². The van der Waals surface area contributed by atoms with E-state index in [-0.39, 0.29) is 20.0 Å². The number of halogens is 2. The van der Waals surface area contributed by atoms with Crippen molar-refractivity contribution in [3.8, 4) is 0 Å². The van der Waals surface area contributed by atoms with Crippen LogP contribution in [0.5, 0.6) is 0 Å². The zero-order valence-electron chi connectivity index (χ0n) is 29.0. The van der Waals surface area contributed by atoms with Gasteiger partial charge in [-0.3, -0.25) is 4.90 Å². The molecule has 136 valence electrons. The molecule has 1 saturated heterocycles. The van der Waals surface area contributed by atoms with Crippen molar-refractivity contribution < 1.29 is 26.4 Å². The first-order valence-electron chi connectivity index (χ1n) is 15.1. The fraction of sp³-hybridized carbons (Fsp3) is 0.368. The van der Waals surface area contributed by atoms with Gasteiger partial charge in [-0.1, -0.05) is 23.7 Å². The molecule has 26 heavy (non-hydrogen) atoms. The third-order valence-corrected chi connectivity index (χ3v) is 4.28. The third-order valence-electron chi connectivity index (χ3n) is 3.18. The number of benzene rings is 1. The van der Waals surface area contributed by atoms with Crippen molar-refractivity contribution in [2.45, 2.75) is 32.2 Å². The molecule has 0 unspecified atom stereocenters. The van der Waals surface area contributed by atoms with E-state index < -0.39 is 90.2 Å². The van der Waals surface area contributed by atoms with Gasteiger partial charge in [-0.15, -0.1) is 11.3 Å². The number of nitrogens with zero attached hydrogens (tertiary/aromatic N) is 3. The van der Waals surface area contributed by atoms with E-state index in [4.69, 9.17) is 33.6 Å². The maximum Gasteiger partial charge on any atom is 0.162 e. The number of fused-ring (bicyclic) bond motifs is 1. The van der Waals surface area contributed by atoms with E-state index in [2.05, 4.69) is 9.97 Å². The Morgan fingerprint density at radius 3 is 3.15 bits per heavy atom. The maximum atomic E-state index is 14.7. The number of aromatic nitrogens is 2. The lowest BCUT2D eigenvalue weighted by Crippen LogP contribution is -2.38. The van der Waals surface area contributed by atoms with Gasteiger partial charge < -0.3 is 5.31 Å². The highest BCUT2D eigenvalue weighted by Crippen LogP contribution is 2.32. The summed E-state index contributed by atoms with van der Waals surface area (Å²) in [6.45, 7) is -10.8. The first kappa shape index (κ1) is 7.00. The summed E-state index contributed by atoms with van der Waals surface area (Å²) in [4.78, 5) is 6.61. The van der Waals surface area contributed by atoms with E-state index in [1.54, 1.807) is 0 Å². The lowest BCUT2D eigenvalue weighted by atomic mass is 10.0. The number of anilines is 1. The number of nitrogens with one attached hydrogen (secondary N) is 1. The lowest BCUT2D eigenvalue weighted by Gasteiger charge is -2.32. The molecule has 3 aromatic rings. The van der Waals surface area contributed by atoms with Crippen LogP contribution in [0.1, 0.15) is 44.4 Å². The minimum absolute atomic E-state index is 0.186. The van der Waals surface area contributed by atoms with Crippen molar-refractivity contribution in [1.82, 2.24) is 14.9 Å². The number of aryl methyl sites for hydroxylation is 1. The van der Waals surface area contributed by atoms with E-state index in [0.29, 0.717) is 11.3 Å². The molecule has 1 N–H and O–H groups in total.